The fraction of sp³-hybridized carbons (Fsp3) is 0.353. The molecule has 0 heterocycles. The zero-order chi connectivity index (χ0) is 16.1. The predicted octanol–water partition coefficient (Wildman–Crippen LogP) is 3.56. The van der Waals surface area contributed by atoms with Crippen LogP contribution >= 0.6 is 12.4 Å². The van der Waals surface area contributed by atoms with Crippen molar-refractivity contribution in [2.24, 2.45) is 5.73 Å². The third-order valence-corrected chi connectivity index (χ3v) is 3.39. The first-order valence-corrected chi connectivity index (χ1v) is 7.30. The van der Waals surface area contributed by atoms with Gasteiger partial charge in [0.05, 0.1) is 19.3 Å². The molecule has 6 heteroatoms. The zero-order valence-corrected chi connectivity index (χ0v) is 13.9. The van der Waals surface area contributed by atoms with Crippen molar-refractivity contribution in [2.75, 3.05) is 13.2 Å². The summed E-state index contributed by atoms with van der Waals surface area (Å²) in [4.78, 5) is 11.6. The fourth-order valence-corrected chi connectivity index (χ4v) is 2.42. The monoisotopic (exact) mass is 341 g/mol. The van der Waals surface area contributed by atoms with Gasteiger partial charge in [-0.15, -0.1) is 12.4 Å². The molecule has 2 aromatic carbocycles. The van der Waals surface area contributed by atoms with E-state index >= 15 is 0 Å². The van der Waals surface area contributed by atoms with Crippen LogP contribution in [0.2, 0.25) is 0 Å². The molecular weight excluding hydrogens is 321 g/mol. The highest BCUT2D eigenvalue weighted by Crippen LogP contribution is 2.34. The van der Waals surface area contributed by atoms with Gasteiger partial charge >= 0.3 is 5.97 Å². The van der Waals surface area contributed by atoms with Crippen LogP contribution in [0.3, 0.4) is 0 Å². The number of benzene rings is 2. The van der Waals surface area contributed by atoms with E-state index in [1.54, 1.807) is 13.0 Å². The number of carbonyl (C=O) groups is 1. The van der Waals surface area contributed by atoms with Gasteiger partial charge in [0.25, 0.3) is 0 Å². The van der Waals surface area contributed by atoms with Gasteiger partial charge < -0.3 is 15.2 Å². The quantitative estimate of drug-likeness (QED) is 0.816. The van der Waals surface area contributed by atoms with Crippen LogP contribution in [0.5, 0.6) is 5.75 Å². The molecule has 0 saturated carbocycles. The fourth-order valence-electron chi connectivity index (χ4n) is 2.42. The molecule has 0 bridgehead atoms. The van der Waals surface area contributed by atoms with E-state index in [-0.39, 0.29) is 19.0 Å². The molecule has 126 valence electrons. The van der Waals surface area contributed by atoms with Crippen LogP contribution in [0.1, 0.15) is 25.5 Å². The summed E-state index contributed by atoms with van der Waals surface area (Å²) in [5.41, 5.74) is 6.50. The first-order valence-electron chi connectivity index (χ1n) is 7.30. The standard InChI is InChI=1S/C17H20FNO3.ClH/c1-3-21-13-10-9-11-7-5-6-8-12(11)14(13)16(19)15(18)17(20)22-4-2;/h5-10,15-16H,3-4,19H2,1-2H3;1H/t15?,16-;/m1./s1. The molecule has 0 aliphatic carbocycles. The summed E-state index contributed by atoms with van der Waals surface area (Å²) in [5, 5.41) is 1.68. The zero-order valence-electron chi connectivity index (χ0n) is 13.1. The number of esters is 1. The number of rotatable bonds is 6. The second kappa shape index (κ2) is 8.70. The molecule has 0 aromatic heterocycles. The van der Waals surface area contributed by atoms with E-state index in [0.29, 0.717) is 17.9 Å². The maximum Gasteiger partial charge on any atom is 0.342 e. The van der Waals surface area contributed by atoms with Crippen molar-refractivity contribution in [1.29, 1.82) is 0 Å². The van der Waals surface area contributed by atoms with Gasteiger partial charge in [-0.2, -0.15) is 0 Å². The van der Waals surface area contributed by atoms with Gasteiger partial charge in [-0.3, -0.25) is 0 Å². The minimum Gasteiger partial charge on any atom is -0.494 e. The summed E-state index contributed by atoms with van der Waals surface area (Å²) < 4.78 is 24.6. The van der Waals surface area contributed by atoms with Crippen molar-refractivity contribution in [1.82, 2.24) is 0 Å². The SMILES string of the molecule is CCOC(=O)C(F)[C@H](N)c1c(OCC)ccc2ccccc12.Cl. The lowest BCUT2D eigenvalue weighted by Crippen LogP contribution is -2.32. The number of fused-ring (bicyclic) bond motifs is 1. The lowest BCUT2D eigenvalue weighted by molar-refractivity contribution is -0.149. The first kappa shape index (κ1) is 19.2. The van der Waals surface area contributed by atoms with Gasteiger partial charge in [-0.25, -0.2) is 9.18 Å². The Bertz CT molecular complexity index is 665. The van der Waals surface area contributed by atoms with Crippen LogP contribution in [-0.4, -0.2) is 25.4 Å². The van der Waals surface area contributed by atoms with Gasteiger partial charge in [0, 0.05) is 5.56 Å². The molecule has 0 fully saturated rings. The molecule has 4 nitrogen and oxygen atoms in total. The third kappa shape index (κ3) is 4.12. The minimum atomic E-state index is -1.94. The number of ether oxygens (including phenoxy) is 2. The molecule has 1 unspecified atom stereocenters. The number of hydrogen-bond donors (Lipinski definition) is 1. The van der Waals surface area contributed by atoms with E-state index in [1.807, 2.05) is 37.3 Å². The minimum absolute atomic E-state index is 0. The van der Waals surface area contributed by atoms with Crippen LogP contribution in [0, 0.1) is 0 Å². The van der Waals surface area contributed by atoms with Gasteiger partial charge in [0.2, 0.25) is 6.17 Å². The Balaban J connectivity index is 0.00000264. The van der Waals surface area contributed by atoms with Gasteiger partial charge in [0.1, 0.15) is 5.75 Å². The lowest BCUT2D eigenvalue weighted by atomic mass is 9.95. The molecule has 2 aromatic rings. The smallest absolute Gasteiger partial charge is 0.342 e. The highest BCUT2D eigenvalue weighted by molar-refractivity contribution is 5.89. The van der Waals surface area contributed by atoms with Crippen molar-refractivity contribution in [3.05, 3.63) is 42.0 Å². The second-order valence-electron chi connectivity index (χ2n) is 4.81. The Morgan fingerprint density at radius 2 is 1.87 bits per heavy atom. The molecule has 23 heavy (non-hydrogen) atoms. The first-order chi connectivity index (χ1) is 10.6. The van der Waals surface area contributed by atoms with Crippen LogP contribution in [0.4, 0.5) is 4.39 Å². The Kier molecular flexibility index (Phi) is 7.26. The van der Waals surface area contributed by atoms with Crippen molar-refractivity contribution < 1.29 is 18.7 Å². The van der Waals surface area contributed by atoms with Crippen LogP contribution in [0.15, 0.2) is 36.4 Å². The molecule has 0 amide bonds. The number of carbonyl (C=O) groups excluding carboxylic acids is 1. The summed E-state index contributed by atoms with van der Waals surface area (Å²) in [5.74, 6) is -0.467. The Labute approximate surface area is 141 Å². The largest absolute Gasteiger partial charge is 0.494 e. The van der Waals surface area contributed by atoms with E-state index < -0.39 is 18.2 Å². The Hall–Kier alpha value is -1.85. The lowest BCUT2D eigenvalue weighted by Gasteiger charge is -2.21. The summed E-state index contributed by atoms with van der Waals surface area (Å²) in [6.07, 6.45) is -1.94. The molecule has 2 rings (SSSR count). The molecule has 0 aliphatic rings. The van der Waals surface area contributed by atoms with Gasteiger partial charge in [-0.05, 0) is 30.7 Å². The van der Waals surface area contributed by atoms with E-state index in [0.717, 1.165) is 10.8 Å². The highest BCUT2D eigenvalue weighted by Gasteiger charge is 2.31. The summed E-state index contributed by atoms with van der Waals surface area (Å²) in [6.45, 7) is 4.00. The predicted molar refractivity (Wildman–Crippen MR) is 90.8 cm³/mol. The van der Waals surface area contributed by atoms with Gasteiger partial charge in [0.15, 0.2) is 0 Å². The third-order valence-electron chi connectivity index (χ3n) is 3.39. The second-order valence-corrected chi connectivity index (χ2v) is 4.81. The molecule has 0 aliphatic heterocycles. The highest BCUT2D eigenvalue weighted by atomic mass is 35.5. The van der Waals surface area contributed by atoms with Crippen molar-refractivity contribution >= 4 is 29.1 Å². The van der Waals surface area contributed by atoms with Crippen LogP contribution < -0.4 is 10.5 Å². The van der Waals surface area contributed by atoms with Gasteiger partial charge in [-0.1, -0.05) is 30.3 Å². The molecule has 0 radical (unpaired) electrons. The number of nitrogens with two attached hydrogens (primary N) is 1. The van der Waals surface area contributed by atoms with Crippen molar-refractivity contribution in [3.63, 3.8) is 0 Å². The molecule has 2 atom stereocenters. The maximum absolute atomic E-state index is 14.4. The Morgan fingerprint density at radius 3 is 2.52 bits per heavy atom. The molecule has 2 N–H and O–H groups in total. The van der Waals surface area contributed by atoms with Crippen molar-refractivity contribution in [3.8, 4) is 5.75 Å². The molecule has 0 spiro atoms. The van der Waals surface area contributed by atoms with E-state index in [1.165, 1.54) is 0 Å². The number of halogens is 2. The topological polar surface area (TPSA) is 61.5 Å². The number of alkyl halides is 1. The van der Waals surface area contributed by atoms with Crippen molar-refractivity contribution in [2.45, 2.75) is 26.1 Å². The molecule has 0 saturated heterocycles. The Morgan fingerprint density at radius 1 is 1.17 bits per heavy atom. The summed E-state index contributed by atoms with van der Waals surface area (Å²) >= 11 is 0. The van der Waals surface area contributed by atoms with Crippen LogP contribution in [0.25, 0.3) is 10.8 Å². The van der Waals surface area contributed by atoms with E-state index in [4.69, 9.17) is 15.2 Å². The summed E-state index contributed by atoms with van der Waals surface area (Å²) in [6, 6.07) is 9.95. The normalized spacial score (nSPS) is 13.0. The van der Waals surface area contributed by atoms with E-state index in [9.17, 15) is 9.18 Å². The van der Waals surface area contributed by atoms with E-state index in [2.05, 4.69) is 0 Å². The summed E-state index contributed by atoms with van der Waals surface area (Å²) in [7, 11) is 0. The number of hydrogen-bond acceptors (Lipinski definition) is 4. The maximum atomic E-state index is 14.4. The average molecular weight is 342 g/mol. The molecular formula is C17H21ClFNO3. The van der Waals surface area contributed by atoms with Crippen LogP contribution in [-0.2, 0) is 9.53 Å². The average Bonchev–Trinajstić information content (AvgIpc) is 2.53.